The first kappa shape index (κ1) is 25.2. The fraction of sp³-hybridized carbons (Fsp3) is 0.524. The second-order valence-corrected chi connectivity index (χ2v) is 9.09. The molecule has 2 saturated heterocycles. The first-order valence-electron chi connectivity index (χ1n) is 10.9. The smallest absolute Gasteiger partial charge is 0.254 e. The Hall–Kier alpha value is -2.94. The molecular formula is C21H26F2N6O5S. The highest BCUT2D eigenvalue weighted by Gasteiger charge is 2.46. The average Bonchev–Trinajstić information content (AvgIpc) is 3.44. The van der Waals surface area contributed by atoms with E-state index in [1.54, 1.807) is 13.8 Å². The van der Waals surface area contributed by atoms with Gasteiger partial charge in [-0.05, 0) is 43.8 Å². The van der Waals surface area contributed by atoms with E-state index in [0.717, 1.165) is 12.1 Å². The molecule has 4 N–H and O–H groups in total. The Bertz CT molecular complexity index is 1060. The fourth-order valence-electron chi connectivity index (χ4n) is 4.37. The van der Waals surface area contributed by atoms with Crippen LogP contribution in [0.25, 0.3) is 0 Å². The molecule has 2 aliphatic heterocycles. The van der Waals surface area contributed by atoms with Gasteiger partial charge in [0, 0.05) is 32.4 Å². The van der Waals surface area contributed by atoms with Crippen LogP contribution < -0.4 is 10.2 Å². The zero-order valence-electron chi connectivity index (χ0n) is 19.1. The molecule has 2 aromatic rings. The van der Waals surface area contributed by atoms with Gasteiger partial charge >= 0.3 is 0 Å². The molecule has 0 bridgehead atoms. The molecule has 0 radical (unpaired) electrons. The highest BCUT2D eigenvalue weighted by Crippen LogP contribution is 2.32. The molecule has 0 spiro atoms. The van der Waals surface area contributed by atoms with Gasteiger partial charge < -0.3 is 34.8 Å². The molecule has 1 unspecified atom stereocenters. The van der Waals surface area contributed by atoms with Crippen molar-refractivity contribution in [2.75, 3.05) is 37.7 Å². The maximum Gasteiger partial charge on any atom is 0.254 e. The lowest BCUT2D eigenvalue weighted by atomic mass is 10.0. The van der Waals surface area contributed by atoms with E-state index < -0.39 is 40.8 Å². The van der Waals surface area contributed by atoms with E-state index in [9.17, 15) is 15.0 Å². The van der Waals surface area contributed by atoms with Crippen LogP contribution in [-0.4, -0.2) is 92.4 Å². The number of nitrogens with zero attached hydrogens (tertiary/aromatic N) is 4. The monoisotopic (exact) mass is 512 g/mol. The van der Waals surface area contributed by atoms with Gasteiger partial charge in [-0.15, -0.1) is 5.10 Å². The number of benzene rings is 1. The summed E-state index contributed by atoms with van der Waals surface area (Å²) in [4.78, 5) is 16.0. The third-order valence-electron chi connectivity index (χ3n) is 5.89. The van der Waals surface area contributed by atoms with Crippen LogP contribution in [0.5, 0.6) is 0 Å². The van der Waals surface area contributed by atoms with Crippen molar-refractivity contribution < 1.29 is 33.3 Å². The maximum atomic E-state index is 15.1. The minimum Gasteiger partial charge on any atom is -0.487 e. The molecule has 1 aromatic heterocycles. The van der Waals surface area contributed by atoms with Crippen LogP contribution in [0.1, 0.15) is 31.1 Å². The lowest BCUT2D eigenvalue weighted by molar-refractivity contribution is -0.162. The number of aromatic nitrogens is 3. The van der Waals surface area contributed by atoms with Gasteiger partial charge in [0.15, 0.2) is 11.9 Å². The summed E-state index contributed by atoms with van der Waals surface area (Å²) in [7, 11) is 0. The third-order valence-corrected chi connectivity index (χ3v) is 6.00. The van der Waals surface area contributed by atoms with Crippen LogP contribution in [0.15, 0.2) is 18.3 Å². The number of amides is 1. The molecule has 1 amide bonds. The van der Waals surface area contributed by atoms with Gasteiger partial charge in [-0.25, -0.2) is 8.78 Å². The zero-order chi connectivity index (χ0) is 25.3. The first-order valence-corrected chi connectivity index (χ1v) is 11.4. The van der Waals surface area contributed by atoms with E-state index in [-0.39, 0.29) is 55.6 Å². The summed E-state index contributed by atoms with van der Waals surface area (Å²) >= 11 is 4.67. The quantitative estimate of drug-likeness (QED) is 0.411. The molecule has 4 rings (SSSR count). The number of aliphatic hydroxyl groups excluding tert-OH is 2. The molecule has 35 heavy (non-hydrogen) atoms. The van der Waals surface area contributed by atoms with Crippen LogP contribution in [0, 0.1) is 11.6 Å². The fourth-order valence-corrected chi connectivity index (χ4v) is 4.48. The van der Waals surface area contributed by atoms with Crippen molar-refractivity contribution in [2.24, 2.45) is 0 Å². The number of nitrogens with one attached hydrogen (secondary N) is 2. The van der Waals surface area contributed by atoms with E-state index in [0.29, 0.717) is 0 Å². The number of carbonyl (C=O) groups excluding carboxylic acids is 1. The molecule has 11 nitrogen and oxygen atoms in total. The molecular weight excluding hydrogens is 486 g/mol. The van der Waals surface area contributed by atoms with Crippen LogP contribution in [0.2, 0.25) is 0 Å². The van der Waals surface area contributed by atoms with Gasteiger partial charge in [0.25, 0.3) is 11.1 Å². The van der Waals surface area contributed by atoms with Crippen LogP contribution >= 0.6 is 12.2 Å². The zero-order valence-corrected chi connectivity index (χ0v) is 19.9. The van der Waals surface area contributed by atoms with E-state index in [2.05, 4.69) is 32.9 Å². The van der Waals surface area contributed by atoms with Gasteiger partial charge in [-0.2, -0.15) is 0 Å². The molecule has 2 fully saturated rings. The number of aromatic amines is 1. The second kappa shape index (κ2) is 9.97. The van der Waals surface area contributed by atoms with Crippen molar-refractivity contribution >= 4 is 29.0 Å². The minimum atomic E-state index is -0.998. The summed E-state index contributed by atoms with van der Waals surface area (Å²) in [6.07, 6.45) is -0.318. The normalized spacial score (nSPS) is 22.8. The Morgan fingerprint density at radius 3 is 2.49 bits per heavy atom. The van der Waals surface area contributed by atoms with Crippen molar-refractivity contribution in [3.8, 4) is 0 Å². The summed E-state index contributed by atoms with van der Waals surface area (Å²) in [6.45, 7) is 3.74. The lowest BCUT2D eigenvalue weighted by Crippen LogP contribution is -2.53. The minimum absolute atomic E-state index is 0.152. The van der Waals surface area contributed by atoms with Gasteiger partial charge in [0.2, 0.25) is 0 Å². The number of anilines is 1. The predicted molar refractivity (Wildman–Crippen MR) is 123 cm³/mol. The Kier molecular flexibility index (Phi) is 7.17. The van der Waals surface area contributed by atoms with E-state index in [1.807, 2.05) is 0 Å². The predicted octanol–water partition coefficient (Wildman–Crippen LogP) is 0.766. The number of hydrogen-bond acceptors (Lipinski definition) is 8. The Morgan fingerprint density at radius 2 is 1.94 bits per heavy atom. The van der Waals surface area contributed by atoms with E-state index in [4.69, 9.17) is 9.47 Å². The number of aliphatic hydroxyl groups is 2. The molecule has 1 aromatic carbocycles. The van der Waals surface area contributed by atoms with E-state index >= 15 is 8.78 Å². The largest absolute Gasteiger partial charge is 0.487 e. The number of ether oxygens (including phenoxy) is 2. The topological polar surface area (TPSA) is 136 Å². The molecule has 3 heterocycles. The van der Waals surface area contributed by atoms with Crippen LogP contribution in [0.3, 0.4) is 0 Å². The Morgan fingerprint density at radius 1 is 1.29 bits per heavy atom. The van der Waals surface area contributed by atoms with Crippen molar-refractivity contribution in [1.82, 2.24) is 25.6 Å². The molecule has 0 saturated carbocycles. The maximum absolute atomic E-state index is 15.1. The van der Waals surface area contributed by atoms with Crippen molar-refractivity contribution in [3.63, 3.8) is 0 Å². The SMILES string of the molecule is CC1(C)O[C@@H](CO)[C@H](C(=O)N2CCN(c3c(F)cc(C(NC(O)=S)c4c[nH]nn4)cc3F)CC2)O1. The summed E-state index contributed by atoms with van der Waals surface area (Å²) in [6, 6.07) is 1.35. The van der Waals surface area contributed by atoms with Gasteiger partial charge in [0.05, 0.1) is 6.61 Å². The molecule has 3 atom stereocenters. The van der Waals surface area contributed by atoms with Gasteiger partial charge in [0.1, 0.15) is 35.2 Å². The molecule has 14 heteroatoms. The molecule has 0 aliphatic carbocycles. The Labute approximate surface area is 205 Å². The van der Waals surface area contributed by atoms with Gasteiger partial charge in [-0.1, -0.05) is 5.21 Å². The highest BCUT2D eigenvalue weighted by molar-refractivity contribution is 7.79. The molecule has 190 valence electrons. The van der Waals surface area contributed by atoms with Crippen molar-refractivity contribution in [1.29, 1.82) is 0 Å². The standard InChI is InChI=1S/C21H26F2N6O5S/c1-21(2)33-15(10-30)18(34-21)19(31)29-5-3-28(4-6-29)17-12(22)7-11(8-13(17)23)16(25-20(32)35)14-9-24-27-26-14/h7-9,15-16,18,30H,3-6,10H2,1-2H3,(H,24,26,27)(H2,25,32,35)/t15-,16?,18+/m0/s1. The average molecular weight is 513 g/mol. The lowest BCUT2D eigenvalue weighted by Gasteiger charge is -2.37. The third kappa shape index (κ3) is 5.34. The number of rotatable bonds is 6. The highest BCUT2D eigenvalue weighted by atomic mass is 32.1. The molecule has 2 aliphatic rings. The summed E-state index contributed by atoms with van der Waals surface area (Å²) in [5.41, 5.74) is 0.211. The van der Waals surface area contributed by atoms with Gasteiger partial charge in [-0.3, -0.25) is 9.89 Å². The van der Waals surface area contributed by atoms with Crippen LogP contribution in [-0.2, 0) is 14.3 Å². The number of carbonyl (C=O) groups is 1. The second-order valence-electron chi connectivity index (χ2n) is 8.70. The first-order chi connectivity index (χ1) is 16.6. The number of hydrogen-bond donors (Lipinski definition) is 4. The summed E-state index contributed by atoms with van der Waals surface area (Å²) < 4.78 is 41.5. The number of piperazine rings is 1. The summed E-state index contributed by atoms with van der Waals surface area (Å²) in [5, 5.41) is 30.9. The number of thiocarbonyl (C=S) groups is 1. The number of H-pyrrole nitrogens is 1. The van der Waals surface area contributed by atoms with Crippen molar-refractivity contribution in [2.45, 2.75) is 37.9 Å². The summed E-state index contributed by atoms with van der Waals surface area (Å²) in [5.74, 6) is -2.96. The Balaban J connectivity index is 1.47. The number of halogens is 2. The van der Waals surface area contributed by atoms with E-state index in [1.165, 1.54) is 16.0 Å². The van der Waals surface area contributed by atoms with Crippen LogP contribution in [0.4, 0.5) is 14.5 Å². The van der Waals surface area contributed by atoms with Crippen molar-refractivity contribution in [3.05, 3.63) is 41.2 Å².